The summed E-state index contributed by atoms with van der Waals surface area (Å²) in [5.41, 5.74) is 0. The van der Waals surface area contributed by atoms with Crippen LogP contribution in [0.25, 0.3) is 0 Å². The minimum Gasteiger partial charge on any atom is -0.320 e. The van der Waals surface area contributed by atoms with E-state index in [0.29, 0.717) is 15.4 Å². The summed E-state index contributed by atoms with van der Waals surface area (Å²) in [5, 5.41) is 0. The first-order chi connectivity index (χ1) is 6.00. The van der Waals surface area contributed by atoms with Crippen LogP contribution in [-0.4, -0.2) is 20.7 Å². The summed E-state index contributed by atoms with van der Waals surface area (Å²) in [6.45, 7) is 3.26. The van der Waals surface area contributed by atoms with Crippen LogP contribution in [0, 0.1) is 9.54 Å². The van der Waals surface area contributed by atoms with E-state index in [0.717, 1.165) is 0 Å². The van der Waals surface area contributed by atoms with Crippen molar-refractivity contribution in [1.82, 2.24) is 15.0 Å². The van der Waals surface area contributed by atoms with Crippen LogP contribution in [0.4, 0.5) is 0 Å². The molecule has 0 fully saturated rings. The molecule has 0 aliphatic heterocycles. The van der Waals surface area contributed by atoms with E-state index in [1.165, 1.54) is 6.92 Å². The summed E-state index contributed by atoms with van der Waals surface area (Å²) in [7, 11) is 0. The molecule has 1 heterocycles. The zero-order valence-electron chi connectivity index (χ0n) is 7.25. The van der Waals surface area contributed by atoms with Crippen molar-refractivity contribution in [2.24, 2.45) is 0 Å². The number of Topliss-reactive ketones (excluding diaryl/α,β-unsaturated/α-hetero) is 1. The number of ketones is 1. The first-order valence-corrected chi connectivity index (χ1v) is 4.53. The number of carbonyl (C=O) groups excluding carboxylic acids is 1. The van der Waals surface area contributed by atoms with Crippen LogP contribution in [-0.2, 0) is 4.79 Å². The Balaban J connectivity index is 3.23. The van der Waals surface area contributed by atoms with Crippen LogP contribution in [0.1, 0.15) is 25.6 Å². The minimum absolute atomic E-state index is 0.0266. The predicted octanol–water partition coefficient (Wildman–Crippen LogP) is 1.89. The molecule has 0 saturated carbocycles. The van der Waals surface area contributed by atoms with Crippen LogP contribution >= 0.6 is 24.4 Å². The molecular formula is C7H9N3OS2. The van der Waals surface area contributed by atoms with Crippen molar-refractivity contribution in [2.45, 2.75) is 19.8 Å². The van der Waals surface area contributed by atoms with Gasteiger partial charge >= 0.3 is 0 Å². The summed E-state index contributed by atoms with van der Waals surface area (Å²) < 4.78 is 0.690. The average Bonchev–Trinajstić information content (AvgIpc) is 2.01. The molecule has 1 rings (SSSR count). The number of hydrogen-bond acceptors (Lipinski definition) is 4. The van der Waals surface area contributed by atoms with Gasteiger partial charge in [-0.1, -0.05) is 0 Å². The Hall–Kier alpha value is -0.880. The second-order valence-electron chi connectivity index (χ2n) is 2.71. The van der Waals surface area contributed by atoms with Crippen LogP contribution in [0.3, 0.4) is 0 Å². The molecule has 0 aromatic carbocycles. The van der Waals surface area contributed by atoms with Gasteiger partial charge < -0.3 is 9.97 Å². The zero-order chi connectivity index (χ0) is 10.0. The number of rotatable bonds is 2. The standard InChI is InChI=1S/C7H9N3OS2/c1-3(4(2)11)5-8-6(12)10-7(13)9-5/h3H,1-2H3,(H2,8,9,10,12,13)/t3-/m1/s1. The van der Waals surface area contributed by atoms with E-state index < -0.39 is 0 Å². The maximum Gasteiger partial charge on any atom is 0.200 e. The Morgan fingerprint density at radius 2 is 2.08 bits per heavy atom. The molecule has 0 aliphatic rings. The van der Waals surface area contributed by atoms with E-state index in [1.54, 1.807) is 6.92 Å². The third-order valence-electron chi connectivity index (χ3n) is 1.70. The zero-order valence-corrected chi connectivity index (χ0v) is 8.88. The van der Waals surface area contributed by atoms with Crippen LogP contribution in [0.15, 0.2) is 0 Å². The molecule has 1 aromatic rings. The topological polar surface area (TPSA) is 61.5 Å². The monoisotopic (exact) mass is 215 g/mol. The van der Waals surface area contributed by atoms with E-state index in [1.807, 2.05) is 0 Å². The number of aromatic nitrogens is 3. The van der Waals surface area contributed by atoms with E-state index in [4.69, 9.17) is 24.4 Å². The number of nitrogens with zero attached hydrogens (tertiary/aromatic N) is 1. The minimum atomic E-state index is -0.294. The number of carbonyl (C=O) groups is 1. The average molecular weight is 215 g/mol. The largest absolute Gasteiger partial charge is 0.320 e. The summed E-state index contributed by atoms with van der Waals surface area (Å²) in [4.78, 5) is 20.4. The highest BCUT2D eigenvalue weighted by Crippen LogP contribution is 2.09. The molecule has 0 spiro atoms. The molecule has 4 nitrogen and oxygen atoms in total. The van der Waals surface area contributed by atoms with Gasteiger partial charge in [0.15, 0.2) is 4.77 Å². The Kier molecular flexibility index (Phi) is 3.05. The molecule has 0 aliphatic carbocycles. The van der Waals surface area contributed by atoms with E-state index in [2.05, 4.69) is 15.0 Å². The highest BCUT2D eigenvalue weighted by Gasteiger charge is 2.12. The van der Waals surface area contributed by atoms with Crippen molar-refractivity contribution in [3.63, 3.8) is 0 Å². The molecule has 70 valence electrons. The maximum atomic E-state index is 11.0. The molecule has 13 heavy (non-hydrogen) atoms. The van der Waals surface area contributed by atoms with Gasteiger partial charge in [0.2, 0.25) is 4.77 Å². The molecular weight excluding hydrogens is 206 g/mol. The molecule has 0 amide bonds. The smallest absolute Gasteiger partial charge is 0.200 e. The molecule has 6 heteroatoms. The fourth-order valence-corrected chi connectivity index (χ4v) is 1.27. The first kappa shape index (κ1) is 10.2. The number of aromatic amines is 2. The second kappa shape index (κ2) is 3.89. The molecule has 0 radical (unpaired) electrons. The van der Waals surface area contributed by atoms with E-state index >= 15 is 0 Å². The Morgan fingerprint density at radius 1 is 1.46 bits per heavy atom. The van der Waals surface area contributed by atoms with Crippen LogP contribution in [0.2, 0.25) is 0 Å². The summed E-state index contributed by atoms with van der Waals surface area (Å²) in [5.74, 6) is 0.248. The van der Waals surface area contributed by atoms with Gasteiger partial charge in [-0.2, -0.15) is 0 Å². The van der Waals surface area contributed by atoms with Gasteiger partial charge in [0.25, 0.3) is 0 Å². The van der Waals surface area contributed by atoms with Gasteiger partial charge in [-0.05, 0) is 38.3 Å². The lowest BCUT2D eigenvalue weighted by Crippen LogP contribution is -2.09. The third-order valence-corrected chi connectivity index (χ3v) is 2.10. The fraction of sp³-hybridized carbons (Fsp3) is 0.429. The Bertz CT molecular complexity index is 406. The van der Waals surface area contributed by atoms with Crippen molar-refractivity contribution < 1.29 is 4.79 Å². The highest BCUT2D eigenvalue weighted by atomic mass is 32.1. The molecule has 1 atom stereocenters. The lowest BCUT2D eigenvalue weighted by molar-refractivity contribution is -0.118. The van der Waals surface area contributed by atoms with Crippen molar-refractivity contribution in [3.05, 3.63) is 15.4 Å². The van der Waals surface area contributed by atoms with Gasteiger partial charge in [-0.25, -0.2) is 4.98 Å². The van der Waals surface area contributed by atoms with Crippen molar-refractivity contribution >= 4 is 30.2 Å². The molecule has 0 saturated heterocycles. The normalized spacial score (nSPS) is 12.5. The van der Waals surface area contributed by atoms with Crippen molar-refractivity contribution in [3.8, 4) is 0 Å². The highest BCUT2D eigenvalue weighted by molar-refractivity contribution is 7.71. The first-order valence-electron chi connectivity index (χ1n) is 3.71. The lowest BCUT2D eigenvalue weighted by atomic mass is 10.1. The number of hydrogen-bond donors (Lipinski definition) is 2. The number of nitrogens with one attached hydrogen (secondary N) is 2. The third kappa shape index (κ3) is 2.53. The maximum absolute atomic E-state index is 11.0. The van der Waals surface area contributed by atoms with Gasteiger partial charge in [0.05, 0.1) is 5.92 Å². The molecule has 1 aromatic heterocycles. The van der Waals surface area contributed by atoms with Gasteiger partial charge in [0, 0.05) is 0 Å². The second-order valence-corrected chi connectivity index (χ2v) is 3.51. The summed E-state index contributed by atoms with van der Waals surface area (Å²) in [6, 6.07) is 0. The van der Waals surface area contributed by atoms with E-state index in [9.17, 15) is 4.79 Å². The quantitative estimate of drug-likeness (QED) is 0.739. The van der Waals surface area contributed by atoms with Crippen LogP contribution in [0.5, 0.6) is 0 Å². The van der Waals surface area contributed by atoms with Crippen molar-refractivity contribution in [2.75, 3.05) is 0 Å². The van der Waals surface area contributed by atoms with Crippen LogP contribution < -0.4 is 0 Å². The Morgan fingerprint density at radius 3 is 2.54 bits per heavy atom. The molecule has 0 bridgehead atoms. The lowest BCUT2D eigenvalue weighted by Gasteiger charge is -2.05. The summed E-state index contributed by atoms with van der Waals surface area (Å²) in [6.07, 6.45) is 0. The molecule has 2 N–H and O–H groups in total. The van der Waals surface area contributed by atoms with E-state index in [-0.39, 0.29) is 11.7 Å². The SMILES string of the molecule is CC(=O)[C@@H](C)c1nc(=S)[nH]c(=S)[nH]1. The van der Waals surface area contributed by atoms with Gasteiger partial charge in [0.1, 0.15) is 11.6 Å². The predicted molar refractivity (Wildman–Crippen MR) is 53.7 cm³/mol. The van der Waals surface area contributed by atoms with Crippen molar-refractivity contribution in [1.29, 1.82) is 0 Å². The van der Waals surface area contributed by atoms with Gasteiger partial charge in [-0.3, -0.25) is 4.79 Å². The number of H-pyrrole nitrogens is 2. The Labute approximate surface area is 85.4 Å². The fourth-order valence-electron chi connectivity index (χ4n) is 0.808. The van der Waals surface area contributed by atoms with Gasteiger partial charge in [-0.15, -0.1) is 0 Å². The molecule has 0 unspecified atom stereocenters. The summed E-state index contributed by atoms with van der Waals surface area (Å²) >= 11 is 9.69.